The lowest BCUT2D eigenvalue weighted by molar-refractivity contribution is -0.140. The number of alkyl halides is 3. The van der Waals surface area contributed by atoms with Crippen LogP contribution in [0.1, 0.15) is 31.4 Å². The second-order valence-electron chi connectivity index (χ2n) is 7.43. The highest BCUT2D eigenvalue weighted by atomic mass is 19.4. The molecule has 0 radical (unpaired) electrons. The Hall–Kier alpha value is -2.73. The summed E-state index contributed by atoms with van der Waals surface area (Å²) in [5.41, 5.74) is -4.72. The van der Waals surface area contributed by atoms with E-state index in [1.54, 1.807) is 6.92 Å². The molecular formula is C18H13F3N2O4. The van der Waals surface area contributed by atoms with Crippen LogP contribution in [0.3, 0.4) is 0 Å². The van der Waals surface area contributed by atoms with Gasteiger partial charge >= 0.3 is 6.18 Å². The van der Waals surface area contributed by atoms with Crippen LogP contribution in [0.4, 0.5) is 18.9 Å². The summed E-state index contributed by atoms with van der Waals surface area (Å²) in [5.74, 6) is -3.76. The Labute approximate surface area is 151 Å². The first-order valence-electron chi connectivity index (χ1n) is 8.17. The predicted molar refractivity (Wildman–Crippen MR) is 83.2 cm³/mol. The molecule has 2 bridgehead atoms. The number of hydrogen-bond donors (Lipinski definition) is 0. The zero-order chi connectivity index (χ0) is 19.9. The van der Waals surface area contributed by atoms with E-state index in [0.717, 1.165) is 12.1 Å². The summed E-state index contributed by atoms with van der Waals surface area (Å²) in [7, 11) is 0. The standard InChI is InChI=1S/C18H13F3N2O4/c1-16-6-11(24)17(2,27-16)13-12(16)14(25)23(15(13)26)9-4-3-8(7-22)10(5-9)18(19,20)21/h3-5,12-13H,6H2,1-2H3/t12-,13-,16-,17+/m0/s1. The second-order valence-corrected chi connectivity index (χ2v) is 7.43. The largest absolute Gasteiger partial charge is 0.417 e. The van der Waals surface area contributed by atoms with Gasteiger partial charge in [0.2, 0.25) is 11.8 Å². The zero-order valence-corrected chi connectivity index (χ0v) is 14.3. The number of Topliss-reactive ketones (excluding diaryl/α,β-unsaturated/α-hetero) is 1. The number of amides is 2. The van der Waals surface area contributed by atoms with Crippen LogP contribution in [0, 0.1) is 23.2 Å². The smallest absolute Gasteiger partial charge is 0.359 e. The summed E-state index contributed by atoms with van der Waals surface area (Å²) >= 11 is 0. The number of fused-ring (bicyclic) bond motifs is 5. The number of ether oxygens (including phenoxy) is 1. The number of halogens is 3. The van der Waals surface area contributed by atoms with Gasteiger partial charge in [-0.1, -0.05) is 0 Å². The van der Waals surface area contributed by atoms with E-state index in [9.17, 15) is 27.6 Å². The Kier molecular flexibility index (Phi) is 3.24. The number of carbonyl (C=O) groups excluding carboxylic acids is 3. The van der Waals surface area contributed by atoms with Crippen molar-refractivity contribution in [2.45, 2.75) is 37.6 Å². The summed E-state index contributed by atoms with van der Waals surface area (Å²) in [4.78, 5) is 38.8. The number of hydrogen-bond acceptors (Lipinski definition) is 5. The van der Waals surface area contributed by atoms with Crippen molar-refractivity contribution < 1.29 is 32.3 Å². The Morgan fingerprint density at radius 3 is 2.41 bits per heavy atom. The first-order valence-corrected chi connectivity index (χ1v) is 8.17. The Bertz CT molecular complexity index is 966. The molecule has 0 N–H and O–H groups in total. The topological polar surface area (TPSA) is 87.5 Å². The van der Waals surface area contributed by atoms with E-state index >= 15 is 0 Å². The van der Waals surface area contributed by atoms with Gasteiger partial charge in [-0.05, 0) is 32.0 Å². The molecule has 2 amide bonds. The van der Waals surface area contributed by atoms with Gasteiger partial charge in [0.05, 0.1) is 40.3 Å². The second kappa shape index (κ2) is 4.95. The van der Waals surface area contributed by atoms with E-state index in [1.807, 2.05) is 0 Å². The van der Waals surface area contributed by atoms with E-state index < -0.39 is 52.2 Å². The summed E-state index contributed by atoms with van der Waals surface area (Å²) in [5, 5.41) is 8.90. The van der Waals surface area contributed by atoms with Crippen LogP contribution in [0.5, 0.6) is 0 Å². The molecule has 0 aliphatic carbocycles. The van der Waals surface area contributed by atoms with Gasteiger partial charge in [-0.2, -0.15) is 18.4 Å². The van der Waals surface area contributed by atoms with Crippen molar-refractivity contribution in [3.8, 4) is 6.07 Å². The Balaban J connectivity index is 1.82. The third kappa shape index (κ3) is 2.07. The minimum atomic E-state index is -4.82. The molecule has 1 aromatic carbocycles. The highest BCUT2D eigenvalue weighted by Crippen LogP contribution is 2.59. The fourth-order valence-corrected chi connectivity index (χ4v) is 4.58. The molecule has 3 aliphatic rings. The zero-order valence-electron chi connectivity index (χ0n) is 14.3. The van der Waals surface area contributed by atoms with Crippen LogP contribution in [-0.2, 0) is 25.3 Å². The molecule has 140 valence electrons. The van der Waals surface area contributed by atoms with E-state index in [-0.39, 0.29) is 17.9 Å². The monoisotopic (exact) mass is 378 g/mol. The van der Waals surface area contributed by atoms with E-state index in [1.165, 1.54) is 13.0 Å². The van der Waals surface area contributed by atoms with Crippen LogP contribution in [0.15, 0.2) is 18.2 Å². The predicted octanol–water partition coefficient (Wildman–Crippen LogP) is 2.20. The van der Waals surface area contributed by atoms with Gasteiger partial charge in [-0.3, -0.25) is 14.4 Å². The highest BCUT2D eigenvalue weighted by molar-refractivity contribution is 6.25. The van der Waals surface area contributed by atoms with Crippen molar-refractivity contribution in [3.63, 3.8) is 0 Å². The Morgan fingerprint density at radius 2 is 1.81 bits per heavy atom. The molecule has 0 aromatic heterocycles. The molecule has 0 saturated carbocycles. The van der Waals surface area contributed by atoms with Crippen molar-refractivity contribution in [1.29, 1.82) is 5.26 Å². The molecule has 1 aromatic rings. The molecule has 3 heterocycles. The fourth-order valence-electron chi connectivity index (χ4n) is 4.58. The van der Waals surface area contributed by atoms with Gasteiger partial charge in [0.1, 0.15) is 5.60 Å². The molecular weight excluding hydrogens is 365 g/mol. The maximum atomic E-state index is 13.2. The molecule has 4 rings (SSSR count). The highest BCUT2D eigenvalue weighted by Gasteiger charge is 2.76. The number of carbonyl (C=O) groups is 3. The summed E-state index contributed by atoms with van der Waals surface area (Å²) < 4.78 is 45.4. The van der Waals surface area contributed by atoms with Crippen LogP contribution >= 0.6 is 0 Å². The number of benzene rings is 1. The molecule has 27 heavy (non-hydrogen) atoms. The minimum absolute atomic E-state index is 0.0291. The quantitative estimate of drug-likeness (QED) is 0.699. The Morgan fingerprint density at radius 1 is 1.19 bits per heavy atom. The molecule has 3 aliphatic heterocycles. The number of anilines is 1. The first-order chi connectivity index (χ1) is 12.4. The molecule has 9 heteroatoms. The maximum Gasteiger partial charge on any atom is 0.417 e. The molecule has 3 saturated heterocycles. The molecule has 0 unspecified atom stereocenters. The lowest BCUT2D eigenvalue weighted by atomic mass is 9.68. The van der Waals surface area contributed by atoms with Crippen molar-refractivity contribution in [2.75, 3.05) is 4.90 Å². The maximum absolute atomic E-state index is 13.2. The summed E-state index contributed by atoms with van der Waals surface area (Å²) in [6, 6.07) is 4.11. The number of imide groups is 1. The van der Waals surface area contributed by atoms with Crippen molar-refractivity contribution in [1.82, 2.24) is 0 Å². The van der Waals surface area contributed by atoms with Gasteiger partial charge in [0.15, 0.2) is 5.78 Å². The van der Waals surface area contributed by atoms with Gasteiger partial charge < -0.3 is 4.74 Å². The van der Waals surface area contributed by atoms with Crippen LogP contribution in [-0.4, -0.2) is 28.8 Å². The lowest BCUT2D eigenvalue weighted by Crippen LogP contribution is -2.46. The average molecular weight is 378 g/mol. The molecule has 4 atom stereocenters. The normalized spacial score (nSPS) is 35.0. The molecule has 6 nitrogen and oxygen atoms in total. The van der Waals surface area contributed by atoms with Crippen molar-refractivity contribution in [3.05, 3.63) is 29.3 Å². The number of rotatable bonds is 1. The SMILES string of the molecule is C[C@@]12CC(=O)[C@@](C)(O1)[C@@H]1C(=O)N(c3ccc(C#N)c(C(F)(F)F)c3)C(=O)[C@H]12. The summed E-state index contributed by atoms with van der Waals surface area (Å²) in [6.07, 6.45) is -4.85. The third-order valence-electron chi connectivity index (χ3n) is 5.76. The van der Waals surface area contributed by atoms with Gasteiger partial charge in [-0.15, -0.1) is 0 Å². The van der Waals surface area contributed by atoms with Crippen molar-refractivity contribution >= 4 is 23.3 Å². The van der Waals surface area contributed by atoms with Crippen LogP contribution < -0.4 is 4.90 Å². The van der Waals surface area contributed by atoms with E-state index in [4.69, 9.17) is 10.00 Å². The van der Waals surface area contributed by atoms with Crippen LogP contribution in [0.25, 0.3) is 0 Å². The summed E-state index contributed by atoms with van der Waals surface area (Å²) in [6.45, 7) is 3.01. The van der Waals surface area contributed by atoms with Crippen LogP contribution in [0.2, 0.25) is 0 Å². The van der Waals surface area contributed by atoms with Gasteiger partial charge in [0.25, 0.3) is 0 Å². The first kappa shape index (κ1) is 17.7. The van der Waals surface area contributed by atoms with Gasteiger partial charge in [0, 0.05) is 6.42 Å². The van der Waals surface area contributed by atoms with E-state index in [0.29, 0.717) is 11.0 Å². The number of nitriles is 1. The van der Waals surface area contributed by atoms with Crippen molar-refractivity contribution in [2.24, 2.45) is 11.8 Å². The lowest BCUT2D eigenvalue weighted by Gasteiger charge is -2.26. The fraction of sp³-hybridized carbons (Fsp3) is 0.444. The molecule has 0 spiro atoms. The number of ketones is 1. The third-order valence-corrected chi connectivity index (χ3v) is 5.76. The van der Waals surface area contributed by atoms with Gasteiger partial charge in [-0.25, -0.2) is 4.90 Å². The van der Waals surface area contributed by atoms with E-state index in [2.05, 4.69) is 0 Å². The molecule has 3 fully saturated rings. The average Bonchev–Trinajstić information content (AvgIpc) is 3.07. The number of nitrogens with zero attached hydrogens (tertiary/aromatic N) is 2. The minimum Gasteiger partial charge on any atom is -0.359 e.